The predicted octanol–water partition coefficient (Wildman–Crippen LogP) is 3.92. The summed E-state index contributed by atoms with van der Waals surface area (Å²) in [7, 11) is 1.57. The molecule has 2 aromatic rings. The summed E-state index contributed by atoms with van der Waals surface area (Å²) >= 11 is 0. The van der Waals surface area contributed by atoms with Crippen LogP contribution in [0.1, 0.15) is 24.5 Å². The number of hydrogen-bond donors (Lipinski definition) is 0. The minimum atomic E-state index is -4.61. The second-order valence-electron chi connectivity index (χ2n) is 4.92. The first-order valence-corrected chi connectivity index (χ1v) is 7.18. The van der Waals surface area contributed by atoms with E-state index < -0.39 is 17.6 Å². The SMILES string of the molecule is CCCOc1nc(N(C)c2ccccc2C#N)ncc1C(F)(F)F. The van der Waals surface area contributed by atoms with Crippen molar-refractivity contribution in [2.45, 2.75) is 19.5 Å². The molecule has 2 rings (SSSR count). The van der Waals surface area contributed by atoms with Crippen LogP contribution in [-0.4, -0.2) is 23.6 Å². The van der Waals surface area contributed by atoms with Crippen molar-refractivity contribution in [3.63, 3.8) is 0 Å². The molecule has 0 aliphatic carbocycles. The Labute approximate surface area is 137 Å². The lowest BCUT2D eigenvalue weighted by Gasteiger charge is -2.20. The van der Waals surface area contributed by atoms with E-state index in [4.69, 9.17) is 10.00 Å². The molecule has 0 saturated heterocycles. The molecule has 0 bridgehead atoms. The number of benzene rings is 1. The fourth-order valence-corrected chi connectivity index (χ4v) is 1.99. The van der Waals surface area contributed by atoms with Gasteiger partial charge in [-0.05, 0) is 18.6 Å². The molecule has 0 amide bonds. The van der Waals surface area contributed by atoms with Gasteiger partial charge in [-0.15, -0.1) is 0 Å². The molecule has 0 radical (unpaired) electrons. The van der Waals surface area contributed by atoms with E-state index in [0.717, 1.165) is 0 Å². The van der Waals surface area contributed by atoms with E-state index in [-0.39, 0.29) is 12.6 Å². The molecule has 24 heavy (non-hydrogen) atoms. The summed E-state index contributed by atoms with van der Waals surface area (Å²) < 4.78 is 44.2. The summed E-state index contributed by atoms with van der Waals surface area (Å²) in [6, 6.07) is 8.69. The number of para-hydroxylation sites is 1. The van der Waals surface area contributed by atoms with Crippen molar-refractivity contribution in [3.05, 3.63) is 41.6 Å². The summed E-state index contributed by atoms with van der Waals surface area (Å²) in [5, 5.41) is 9.14. The number of aromatic nitrogens is 2. The monoisotopic (exact) mass is 336 g/mol. The Morgan fingerprint density at radius 2 is 2.00 bits per heavy atom. The lowest BCUT2D eigenvalue weighted by Crippen LogP contribution is -2.18. The highest BCUT2D eigenvalue weighted by atomic mass is 19.4. The number of rotatable bonds is 5. The van der Waals surface area contributed by atoms with Crippen LogP contribution in [-0.2, 0) is 6.18 Å². The van der Waals surface area contributed by atoms with Crippen molar-refractivity contribution in [2.24, 2.45) is 0 Å². The first-order chi connectivity index (χ1) is 11.4. The summed E-state index contributed by atoms with van der Waals surface area (Å²) in [5.41, 5.74) is -0.178. The zero-order valence-corrected chi connectivity index (χ0v) is 13.1. The lowest BCUT2D eigenvalue weighted by molar-refractivity contribution is -0.139. The summed E-state index contributed by atoms with van der Waals surface area (Å²) in [6.45, 7) is 1.89. The third kappa shape index (κ3) is 3.74. The molecule has 0 spiro atoms. The number of ether oxygens (including phenoxy) is 1. The number of halogens is 3. The van der Waals surface area contributed by atoms with Crippen LogP contribution in [0.25, 0.3) is 0 Å². The Morgan fingerprint density at radius 1 is 1.29 bits per heavy atom. The molecule has 0 aliphatic heterocycles. The van der Waals surface area contributed by atoms with Gasteiger partial charge in [0.05, 0.1) is 17.9 Å². The standard InChI is InChI=1S/C16H15F3N4O/c1-3-8-24-14-12(16(17,18)19)10-21-15(22-14)23(2)13-7-5-4-6-11(13)9-20/h4-7,10H,3,8H2,1-2H3. The molecule has 0 unspecified atom stereocenters. The smallest absolute Gasteiger partial charge is 0.423 e. The second-order valence-corrected chi connectivity index (χ2v) is 4.92. The van der Waals surface area contributed by atoms with Gasteiger partial charge in [0.15, 0.2) is 0 Å². The Balaban J connectivity index is 2.46. The molecule has 5 nitrogen and oxygen atoms in total. The van der Waals surface area contributed by atoms with Gasteiger partial charge in [-0.2, -0.15) is 23.4 Å². The number of nitriles is 1. The maximum Gasteiger partial charge on any atom is 0.423 e. The van der Waals surface area contributed by atoms with Gasteiger partial charge in [-0.3, -0.25) is 0 Å². The molecule has 0 atom stereocenters. The van der Waals surface area contributed by atoms with Gasteiger partial charge in [0, 0.05) is 13.2 Å². The van der Waals surface area contributed by atoms with Crippen molar-refractivity contribution in [2.75, 3.05) is 18.6 Å². The topological polar surface area (TPSA) is 62.0 Å². The first kappa shape index (κ1) is 17.5. The third-order valence-electron chi connectivity index (χ3n) is 3.18. The second kappa shape index (κ2) is 7.17. The van der Waals surface area contributed by atoms with Gasteiger partial charge in [0.1, 0.15) is 11.6 Å². The molecular weight excluding hydrogens is 321 g/mol. The largest absolute Gasteiger partial charge is 0.477 e. The van der Waals surface area contributed by atoms with Crippen LogP contribution in [0.15, 0.2) is 30.5 Å². The van der Waals surface area contributed by atoms with Gasteiger partial charge in [0.2, 0.25) is 11.8 Å². The zero-order chi connectivity index (χ0) is 17.7. The molecular formula is C16H15F3N4O. The quantitative estimate of drug-likeness (QED) is 0.828. The normalized spacial score (nSPS) is 11.0. The number of anilines is 2. The van der Waals surface area contributed by atoms with E-state index in [1.807, 2.05) is 6.07 Å². The third-order valence-corrected chi connectivity index (χ3v) is 3.18. The Bertz CT molecular complexity index is 756. The number of nitrogens with zero attached hydrogens (tertiary/aromatic N) is 4. The Morgan fingerprint density at radius 3 is 2.62 bits per heavy atom. The maximum atomic E-state index is 13.0. The molecule has 126 valence electrons. The van der Waals surface area contributed by atoms with Gasteiger partial charge >= 0.3 is 6.18 Å². The minimum absolute atomic E-state index is 0.0109. The van der Waals surface area contributed by atoms with Gasteiger partial charge in [-0.1, -0.05) is 19.1 Å². The highest BCUT2D eigenvalue weighted by molar-refractivity contribution is 5.65. The molecule has 1 aromatic heterocycles. The highest BCUT2D eigenvalue weighted by Gasteiger charge is 2.36. The molecule has 1 heterocycles. The minimum Gasteiger partial charge on any atom is -0.477 e. The van der Waals surface area contributed by atoms with E-state index in [2.05, 4.69) is 9.97 Å². The molecule has 0 saturated carbocycles. The predicted molar refractivity (Wildman–Crippen MR) is 82.0 cm³/mol. The Hall–Kier alpha value is -2.82. The van der Waals surface area contributed by atoms with Crippen LogP contribution in [0.3, 0.4) is 0 Å². The number of hydrogen-bond acceptors (Lipinski definition) is 5. The summed E-state index contributed by atoms with van der Waals surface area (Å²) in [5.74, 6) is -0.507. The van der Waals surface area contributed by atoms with Gasteiger partial charge in [0.25, 0.3) is 0 Å². The van der Waals surface area contributed by atoms with Crippen LogP contribution >= 0.6 is 0 Å². The van der Waals surface area contributed by atoms with Crippen LogP contribution in [0.4, 0.5) is 24.8 Å². The van der Waals surface area contributed by atoms with E-state index in [1.165, 1.54) is 4.90 Å². The van der Waals surface area contributed by atoms with Gasteiger partial charge < -0.3 is 9.64 Å². The van der Waals surface area contributed by atoms with Gasteiger partial charge in [-0.25, -0.2) is 4.98 Å². The van der Waals surface area contributed by atoms with E-state index >= 15 is 0 Å². The molecule has 1 aromatic carbocycles. The van der Waals surface area contributed by atoms with Crippen molar-refractivity contribution < 1.29 is 17.9 Å². The fraction of sp³-hybridized carbons (Fsp3) is 0.312. The molecule has 0 aliphatic rings. The molecule has 8 heteroatoms. The van der Waals surface area contributed by atoms with E-state index in [9.17, 15) is 13.2 Å². The van der Waals surface area contributed by atoms with Crippen molar-refractivity contribution in [1.82, 2.24) is 9.97 Å². The van der Waals surface area contributed by atoms with Crippen LogP contribution in [0.5, 0.6) is 5.88 Å². The van der Waals surface area contributed by atoms with Crippen molar-refractivity contribution >= 4 is 11.6 Å². The van der Waals surface area contributed by atoms with Crippen molar-refractivity contribution in [1.29, 1.82) is 5.26 Å². The van der Waals surface area contributed by atoms with Crippen LogP contribution in [0, 0.1) is 11.3 Å². The lowest BCUT2D eigenvalue weighted by atomic mass is 10.2. The van der Waals surface area contributed by atoms with Crippen LogP contribution < -0.4 is 9.64 Å². The Kier molecular flexibility index (Phi) is 5.24. The summed E-state index contributed by atoms with van der Waals surface area (Å²) in [6.07, 6.45) is -3.37. The van der Waals surface area contributed by atoms with Crippen molar-refractivity contribution in [3.8, 4) is 11.9 Å². The maximum absolute atomic E-state index is 13.0. The zero-order valence-electron chi connectivity index (χ0n) is 13.1. The first-order valence-electron chi connectivity index (χ1n) is 7.18. The fourth-order valence-electron chi connectivity index (χ4n) is 1.99. The average Bonchev–Trinajstić information content (AvgIpc) is 2.58. The molecule has 0 fully saturated rings. The molecule has 0 N–H and O–H groups in total. The van der Waals surface area contributed by atoms with E-state index in [0.29, 0.717) is 23.9 Å². The summed E-state index contributed by atoms with van der Waals surface area (Å²) in [4.78, 5) is 9.10. The van der Waals surface area contributed by atoms with Crippen LogP contribution in [0.2, 0.25) is 0 Å². The average molecular weight is 336 g/mol. The number of alkyl halides is 3. The van der Waals surface area contributed by atoms with E-state index in [1.54, 1.807) is 38.2 Å². The highest BCUT2D eigenvalue weighted by Crippen LogP contribution is 2.36.